The second kappa shape index (κ2) is 8.93. The molecule has 1 N–H and O–H groups in total. The predicted molar refractivity (Wildman–Crippen MR) is 113 cm³/mol. The molecule has 0 bridgehead atoms. The molecule has 1 aliphatic rings. The van der Waals surface area contributed by atoms with Crippen molar-refractivity contribution >= 4 is 17.5 Å². The Kier molecular flexibility index (Phi) is 6.55. The highest BCUT2D eigenvalue weighted by atomic mass is 16.2. The van der Waals surface area contributed by atoms with Crippen LogP contribution >= 0.6 is 0 Å². The highest BCUT2D eigenvalue weighted by molar-refractivity contribution is 5.77. The molecule has 0 saturated carbocycles. The van der Waals surface area contributed by atoms with Gasteiger partial charge in [0.05, 0.1) is 5.69 Å². The molecule has 1 atom stereocenters. The van der Waals surface area contributed by atoms with Gasteiger partial charge in [0.1, 0.15) is 0 Å². The van der Waals surface area contributed by atoms with Gasteiger partial charge in [-0.05, 0) is 52.5 Å². The third-order valence-corrected chi connectivity index (χ3v) is 5.66. The topological polar surface area (TPSA) is 79.6 Å². The Hall–Kier alpha value is -2.44. The summed E-state index contributed by atoms with van der Waals surface area (Å²) >= 11 is 0. The molecular formula is C22H33N5O2. The number of hydrogen-bond acceptors (Lipinski definition) is 4. The van der Waals surface area contributed by atoms with Gasteiger partial charge >= 0.3 is 0 Å². The van der Waals surface area contributed by atoms with E-state index in [1.165, 1.54) is 0 Å². The molecule has 7 nitrogen and oxygen atoms in total. The number of aromatic nitrogens is 3. The van der Waals surface area contributed by atoms with Crippen molar-refractivity contribution < 1.29 is 9.59 Å². The second-order valence-electron chi connectivity index (χ2n) is 8.40. The Labute approximate surface area is 172 Å². The lowest BCUT2D eigenvalue weighted by Gasteiger charge is -2.15. The van der Waals surface area contributed by atoms with Gasteiger partial charge < -0.3 is 10.2 Å². The van der Waals surface area contributed by atoms with E-state index < -0.39 is 0 Å². The Morgan fingerprint density at radius 2 is 2.03 bits per heavy atom. The van der Waals surface area contributed by atoms with E-state index in [4.69, 9.17) is 10.1 Å². The minimum atomic E-state index is 0.0582. The number of carbonyl (C=O) groups excluding carboxylic acids is 2. The smallest absolute Gasteiger partial charge is 0.222 e. The first kappa shape index (κ1) is 21.3. The molecule has 29 heavy (non-hydrogen) atoms. The zero-order valence-electron chi connectivity index (χ0n) is 18.3. The molecule has 2 aromatic heterocycles. The molecule has 0 aliphatic carbocycles. The van der Waals surface area contributed by atoms with Crippen molar-refractivity contribution in [2.75, 3.05) is 13.1 Å². The van der Waals surface area contributed by atoms with Crippen LogP contribution in [0.25, 0.3) is 5.65 Å². The molecule has 3 rings (SSSR count). The number of rotatable bonds is 7. The van der Waals surface area contributed by atoms with Gasteiger partial charge in [-0.15, -0.1) is 0 Å². The number of nitrogens with zero attached hydrogens (tertiary/aromatic N) is 4. The number of aryl methyl sites for hydroxylation is 2. The third kappa shape index (κ3) is 4.77. The summed E-state index contributed by atoms with van der Waals surface area (Å²) in [5.74, 6) is 0.561. The molecule has 2 amide bonds. The molecule has 0 radical (unpaired) electrons. The average Bonchev–Trinajstić information content (AvgIpc) is 3.28. The van der Waals surface area contributed by atoms with Gasteiger partial charge in [-0.25, -0.2) is 9.50 Å². The summed E-state index contributed by atoms with van der Waals surface area (Å²) in [7, 11) is 0. The van der Waals surface area contributed by atoms with Crippen molar-refractivity contribution in [2.24, 2.45) is 0 Å². The summed E-state index contributed by atoms with van der Waals surface area (Å²) in [5.41, 5.74) is 4.90. The van der Waals surface area contributed by atoms with Crippen LogP contribution in [-0.2, 0) is 16.0 Å². The van der Waals surface area contributed by atoms with Crippen LogP contribution in [0.15, 0.2) is 6.07 Å². The Bertz CT molecular complexity index is 902. The van der Waals surface area contributed by atoms with Crippen molar-refractivity contribution in [1.82, 2.24) is 24.8 Å². The molecule has 0 unspecified atom stereocenters. The summed E-state index contributed by atoms with van der Waals surface area (Å²) in [6.07, 6.45) is 3.54. The molecule has 7 heteroatoms. The fourth-order valence-corrected chi connectivity index (χ4v) is 4.14. The molecule has 0 aromatic carbocycles. The van der Waals surface area contributed by atoms with Gasteiger partial charge in [0.25, 0.3) is 0 Å². The number of hydrogen-bond donors (Lipinski definition) is 1. The molecule has 1 saturated heterocycles. The first-order chi connectivity index (χ1) is 13.8. The maximum atomic E-state index is 12.2. The van der Waals surface area contributed by atoms with Crippen LogP contribution in [0.2, 0.25) is 0 Å². The first-order valence-corrected chi connectivity index (χ1v) is 10.7. The molecule has 0 spiro atoms. The fourth-order valence-electron chi connectivity index (χ4n) is 4.14. The highest BCUT2D eigenvalue weighted by Crippen LogP contribution is 2.28. The number of likely N-dealkylation sites (tertiary alicyclic amines) is 1. The Balaban J connectivity index is 1.77. The second-order valence-corrected chi connectivity index (χ2v) is 8.40. The minimum Gasteiger partial charge on any atom is -0.354 e. The van der Waals surface area contributed by atoms with E-state index in [9.17, 15) is 9.59 Å². The zero-order chi connectivity index (χ0) is 21.1. The minimum absolute atomic E-state index is 0.0582. The molecule has 1 fully saturated rings. The number of amides is 2. The van der Waals surface area contributed by atoms with Crippen LogP contribution in [0.1, 0.15) is 75.0 Å². The molecule has 158 valence electrons. The van der Waals surface area contributed by atoms with E-state index in [1.807, 2.05) is 50.1 Å². The van der Waals surface area contributed by atoms with Gasteiger partial charge in [-0.2, -0.15) is 5.10 Å². The van der Waals surface area contributed by atoms with E-state index in [1.54, 1.807) is 0 Å². The number of nitrogens with one attached hydrogen (secondary N) is 1. The van der Waals surface area contributed by atoms with Gasteiger partial charge in [-0.3, -0.25) is 9.59 Å². The van der Waals surface area contributed by atoms with E-state index in [0.29, 0.717) is 19.3 Å². The third-order valence-electron chi connectivity index (χ3n) is 5.66. The van der Waals surface area contributed by atoms with Crippen molar-refractivity contribution in [3.8, 4) is 0 Å². The van der Waals surface area contributed by atoms with Gasteiger partial charge in [-0.1, -0.05) is 6.92 Å². The van der Waals surface area contributed by atoms with E-state index in [0.717, 1.165) is 54.2 Å². The summed E-state index contributed by atoms with van der Waals surface area (Å²) in [5, 5.41) is 7.77. The quantitative estimate of drug-likeness (QED) is 0.776. The van der Waals surface area contributed by atoms with Gasteiger partial charge in [0.2, 0.25) is 11.8 Å². The lowest BCUT2D eigenvalue weighted by atomic mass is 10.1. The Morgan fingerprint density at radius 3 is 2.72 bits per heavy atom. The molecular weight excluding hydrogens is 366 g/mol. The lowest BCUT2D eigenvalue weighted by molar-refractivity contribution is -0.130. The first-order valence-electron chi connectivity index (χ1n) is 10.7. The zero-order valence-corrected chi connectivity index (χ0v) is 18.3. The van der Waals surface area contributed by atoms with Gasteiger partial charge in [0.15, 0.2) is 5.65 Å². The summed E-state index contributed by atoms with van der Waals surface area (Å²) in [6, 6.07) is 2.20. The summed E-state index contributed by atoms with van der Waals surface area (Å²) in [4.78, 5) is 30.9. The fraction of sp³-hybridized carbons (Fsp3) is 0.636. The molecule has 1 aliphatic heterocycles. The summed E-state index contributed by atoms with van der Waals surface area (Å²) in [6.45, 7) is 11.5. The van der Waals surface area contributed by atoms with Crippen LogP contribution in [0.3, 0.4) is 0 Å². The van der Waals surface area contributed by atoms with Crippen LogP contribution in [-0.4, -0.2) is 50.4 Å². The highest BCUT2D eigenvalue weighted by Gasteiger charge is 2.29. The van der Waals surface area contributed by atoms with Crippen LogP contribution in [0, 0.1) is 13.8 Å². The van der Waals surface area contributed by atoms with E-state index in [-0.39, 0.29) is 23.8 Å². The standard InChI is InChI=1S/C22H33N5O2/c1-6-7-22(29)26-11-10-17(13-26)19-12-20-24-15(4)18(16(5)27(20)25-19)8-9-21(28)23-14(2)3/h12,14,17H,6-11,13H2,1-5H3,(H,23,28)/t17-/m0/s1. The normalized spacial score (nSPS) is 16.8. The largest absolute Gasteiger partial charge is 0.354 e. The lowest BCUT2D eigenvalue weighted by Crippen LogP contribution is -2.30. The van der Waals surface area contributed by atoms with E-state index >= 15 is 0 Å². The maximum Gasteiger partial charge on any atom is 0.222 e. The van der Waals surface area contributed by atoms with Crippen molar-refractivity contribution in [2.45, 2.75) is 78.7 Å². The molecule has 3 heterocycles. The predicted octanol–water partition coefficient (Wildman–Crippen LogP) is 2.92. The maximum absolute atomic E-state index is 12.2. The van der Waals surface area contributed by atoms with Crippen LogP contribution < -0.4 is 5.32 Å². The SMILES string of the molecule is CCCC(=O)N1CC[C@H](c2cc3nc(C)c(CCC(=O)NC(C)C)c(C)n3n2)C1. The Morgan fingerprint density at radius 1 is 1.28 bits per heavy atom. The van der Waals surface area contributed by atoms with E-state index in [2.05, 4.69) is 5.32 Å². The van der Waals surface area contributed by atoms with Crippen molar-refractivity contribution in [3.63, 3.8) is 0 Å². The van der Waals surface area contributed by atoms with Crippen molar-refractivity contribution in [1.29, 1.82) is 0 Å². The summed E-state index contributed by atoms with van der Waals surface area (Å²) < 4.78 is 1.90. The number of carbonyl (C=O) groups is 2. The molecule has 2 aromatic rings. The monoisotopic (exact) mass is 399 g/mol. The average molecular weight is 400 g/mol. The number of fused-ring (bicyclic) bond motifs is 1. The van der Waals surface area contributed by atoms with Crippen molar-refractivity contribution in [3.05, 3.63) is 28.7 Å². The van der Waals surface area contributed by atoms with Crippen LogP contribution in [0.4, 0.5) is 0 Å². The van der Waals surface area contributed by atoms with Gasteiger partial charge in [0, 0.05) is 55.3 Å². The van der Waals surface area contributed by atoms with Crippen LogP contribution in [0.5, 0.6) is 0 Å².